The van der Waals surface area contributed by atoms with Crippen LogP contribution in [0.5, 0.6) is 0 Å². The lowest BCUT2D eigenvalue weighted by atomic mass is 10.1. The van der Waals surface area contributed by atoms with Gasteiger partial charge in [0.2, 0.25) is 0 Å². The summed E-state index contributed by atoms with van der Waals surface area (Å²) in [6.45, 7) is 0. The molecule has 0 aliphatic rings. The average Bonchev–Trinajstić information content (AvgIpc) is 2.33. The maximum Gasteiger partial charge on any atom is 0.418 e. The predicted octanol–water partition coefficient (Wildman–Crippen LogP) is 5.56. The van der Waals surface area contributed by atoms with E-state index in [0.29, 0.717) is 11.4 Å². The first-order valence-corrected chi connectivity index (χ1v) is 7.05. The molecule has 3 N–H and O–H groups in total. The second-order valence-electron chi connectivity index (χ2n) is 4.05. The molecule has 7 heteroatoms. The number of anilines is 3. The quantitative estimate of drug-likeness (QED) is 0.637. The minimum atomic E-state index is -4.47. The fraction of sp³-hybridized carbons (Fsp3) is 0.0769. The molecule has 0 aromatic heterocycles. The molecule has 0 atom stereocenters. The van der Waals surface area contributed by atoms with E-state index in [2.05, 4.69) is 37.2 Å². The number of nitrogen functional groups attached to an aromatic ring is 1. The van der Waals surface area contributed by atoms with Gasteiger partial charge in [0, 0.05) is 20.3 Å². The molecule has 2 nitrogen and oxygen atoms in total. The van der Waals surface area contributed by atoms with Gasteiger partial charge >= 0.3 is 6.18 Å². The molecule has 20 heavy (non-hydrogen) atoms. The average molecular weight is 410 g/mol. The van der Waals surface area contributed by atoms with Crippen LogP contribution < -0.4 is 11.1 Å². The molecular formula is C13H9Br2F3N2. The second-order valence-corrected chi connectivity index (χ2v) is 5.82. The predicted molar refractivity (Wildman–Crippen MR) is 81.0 cm³/mol. The summed E-state index contributed by atoms with van der Waals surface area (Å²) < 4.78 is 39.9. The van der Waals surface area contributed by atoms with Crippen LogP contribution in [0.25, 0.3) is 0 Å². The summed E-state index contributed by atoms with van der Waals surface area (Å²) in [4.78, 5) is 0. The first-order chi connectivity index (χ1) is 9.27. The van der Waals surface area contributed by atoms with Crippen LogP contribution in [0.15, 0.2) is 45.3 Å². The second kappa shape index (κ2) is 5.65. The van der Waals surface area contributed by atoms with Gasteiger partial charge in [-0.2, -0.15) is 13.2 Å². The van der Waals surface area contributed by atoms with Gasteiger partial charge in [-0.25, -0.2) is 0 Å². The largest absolute Gasteiger partial charge is 0.418 e. The Labute approximate surface area is 130 Å². The molecule has 0 spiro atoms. The fourth-order valence-corrected chi connectivity index (χ4v) is 2.77. The first kappa shape index (κ1) is 15.2. The molecule has 0 fully saturated rings. The number of alkyl halides is 3. The van der Waals surface area contributed by atoms with Crippen molar-refractivity contribution in [3.8, 4) is 0 Å². The number of hydrogen-bond acceptors (Lipinski definition) is 2. The van der Waals surface area contributed by atoms with E-state index in [4.69, 9.17) is 5.73 Å². The minimum absolute atomic E-state index is 0.294. The highest BCUT2D eigenvalue weighted by atomic mass is 79.9. The van der Waals surface area contributed by atoms with E-state index in [9.17, 15) is 13.2 Å². The Kier molecular flexibility index (Phi) is 4.29. The van der Waals surface area contributed by atoms with E-state index in [1.807, 2.05) is 0 Å². The van der Waals surface area contributed by atoms with Gasteiger partial charge in [-0.15, -0.1) is 0 Å². The maximum atomic E-state index is 12.8. The van der Waals surface area contributed by atoms with Gasteiger partial charge in [0.1, 0.15) is 0 Å². The zero-order valence-corrected chi connectivity index (χ0v) is 13.1. The number of benzene rings is 2. The summed E-state index contributed by atoms with van der Waals surface area (Å²) in [6, 6.07) is 9.05. The van der Waals surface area contributed by atoms with Gasteiger partial charge in [0.15, 0.2) is 0 Å². The summed E-state index contributed by atoms with van der Waals surface area (Å²) in [5.74, 6) is 0. The molecule has 0 bridgehead atoms. The maximum absolute atomic E-state index is 12.8. The van der Waals surface area contributed by atoms with Crippen LogP contribution in [0.4, 0.5) is 30.2 Å². The van der Waals surface area contributed by atoms with Crippen LogP contribution in [-0.2, 0) is 6.18 Å². The molecule has 2 aromatic carbocycles. The van der Waals surface area contributed by atoms with Crippen LogP contribution in [0.1, 0.15) is 5.56 Å². The highest BCUT2D eigenvalue weighted by molar-refractivity contribution is 9.11. The summed E-state index contributed by atoms with van der Waals surface area (Å²) in [5, 5.41) is 2.92. The molecule has 0 heterocycles. The molecule has 2 aromatic rings. The van der Waals surface area contributed by atoms with Crippen molar-refractivity contribution in [1.29, 1.82) is 0 Å². The Morgan fingerprint density at radius 3 is 2.30 bits per heavy atom. The van der Waals surface area contributed by atoms with Gasteiger partial charge in [-0.1, -0.05) is 15.9 Å². The SMILES string of the molecule is Nc1ccc(Nc2ccc(Br)cc2Br)cc1C(F)(F)F. The Morgan fingerprint density at radius 2 is 1.70 bits per heavy atom. The number of hydrogen-bond donors (Lipinski definition) is 2. The third-order valence-corrected chi connectivity index (χ3v) is 3.72. The first-order valence-electron chi connectivity index (χ1n) is 5.46. The van der Waals surface area contributed by atoms with Gasteiger partial charge in [0.05, 0.1) is 11.3 Å². The van der Waals surface area contributed by atoms with Crippen molar-refractivity contribution in [2.45, 2.75) is 6.18 Å². The molecule has 0 saturated carbocycles. The Balaban J connectivity index is 2.35. The highest BCUT2D eigenvalue weighted by Gasteiger charge is 2.33. The topological polar surface area (TPSA) is 38.0 Å². The van der Waals surface area contributed by atoms with Crippen molar-refractivity contribution in [3.63, 3.8) is 0 Å². The Bertz CT molecular complexity index is 642. The fourth-order valence-electron chi connectivity index (χ4n) is 1.63. The normalized spacial score (nSPS) is 11.4. The molecule has 0 unspecified atom stereocenters. The molecule has 0 amide bonds. The van der Waals surface area contributed by atoms with Crippen molar-refractivity contribution in [3.05, 3.63) is 50.9 Å². The third-order valence-electron chi connectivity index (χ3n) is 2.57. The van der Waals surface area contributed by atoms with Crippen LogP contribution in [0.2, 0.25) is 0 Å². The van der Waals surface area contributed by atoms with Gasteiger partial charge in [-0.05, 0) is 52.3 Å². The molecule has 2 rings (SSSR count). The van der Waals surface area contributed by atoms with E-state index >= 15 is 0 Å². The lowest BCUT2D eigenvalue weighted by molar-refractivity contribution is -0.136. The zero-order chi connectivity index (χ0) is 14.9. The van der Waals surface area contributed by atoms with E-state index in [1.54, 1.807) is 18.2 Å². The van der Waals surface area contributed by atoms with Crippen molar-refractivity contribution >= 4 is 48.9 Å². The van der Waals surface area contributed by atoms with E-state index in [-0.39, 0.29) is 5.69 Å². The smallest absolute Gasteiger partial charge is 0.398 e. The summed E-state index contributed by atoms with van der Waals surface area (Å²) in [6.07, 6.45) is -4.47. The lowest BCUT2D eigenvalue weighted by Crippen LogP contribution is -2.09. The summed E-state index contributed by atoms with van der Waals surface area (Å²) >= 11 is 6.64. The van der Waals surface area contributed by atoms with Crippen LogP contribution >= 0.6 is 31.9 Å². The molecule has 0 saturated heterocycles. The molecule has 0 aliphatic carbocycles. The monoisotopic (exact) mass is 408 g/mol. The van der Waals surface area contributed by atoms with Crippen molar-refractivity contribution in [2.75, 3.05) is 11.1 Å². The van der Waals surface area contributed by atoms with E-state index in [0.717, 1.165) is 15.0 Å². The minimum Gasteiger partial charge on any atom is -0.398 e. The summed E-state index contributed by atoms with van der Waals surface area (Å²) in [7, 11) is 0. The highest BCUT2D eigenvalue weighted by Crippen LogP contribution is 2.36. The molecule has 0 aliphatic heterocycles. The standard InChI is InChI=1S/C13H9Br2F3N2/c14-7-1-4-12(10(15)5-7)20-8-2-3-11(19)9(6-8)13(16,17)18/h1-6,20H,19H2. The zero-order valence-electron chi connectivity index (χ0n) is 9.93. The van der Waals surface area contributed by atoms with E-state index < -0.39 is 11.7 Å². The van der Waals surface area contributed by atoms with Crippen LogP contribution in [0, 0.1) is 0 Å². The van der Waals surface area contributed by atoms with Crippen molar-refractivity contribution in [2.24, 2.45) is 0 Å². The van der Waals surface area contributed by atoms with Gasteiger partial charge < -0.3 is 11.1 Å². The number of nitrogens with one attached hydrogen (secondary N) is 1. The Hall–Kier alpha value is -1.21. The lowest BCUT2D eigenvalue weighted by Gasteiger charge is -2.14. The molecule has 0 radical (unpaired) electrons. The summed E-state index contributed by atoms with van der Waals surface area (Å²) in [5.41, 5.74) is 5.18. The third kappa shape index (κ3) is 3.46. The molecule has 106 valence electrons. The number of nitrogens with two attached hydrogens (primary N) is 1. The van der Waals surface area contributed by atoms with E-state index in [1.165, 1.54) is 12.1 Å². The number of rotatable bonds is 2. The van der Waals surface area contributed by atoms with Crippen LogP contribution in [0.3, 0.4) is 0 Å². The van der Waals surface area contributed by atoms with Crippen LogP contribution in [-0.4, -0.2) is 0 Å². The van der Waals surface area contributed by atoms with Crippen molar-refractivity contribution in [1.82, 2.24) is 0 Å². The van der Waals surface area contributed by atoms with Gasteiger partial charge in [-0.3, -0.25) is 0 Å². The van der Waals surface area contributed by atoms with Crippen molar-refractivity contribution < 1.29 is 13.2 Å². The molecular weight excluding hydrogens is 401 g/mol. The van der Waals surface area contributed by atoms with Gasteiger partial charge in [0.25, 0.3) is 0 Å². The Morgan fingerprint density at radius 1 is 1.00 bits per heavy atom. The number of halogens is 5.